The number of hydrogen-bond donors (Lipinski definition) is 2. The third kappa shape index (κ3) is 1.55. The van der Waals surface area contributed by atoms with E-state index >= 15 is 0 Å². The molecule has 0 bridgehead atoms. The van der Waals surface area contributed by atoms with Crippen molar-refractivity contribution in [1.29, 1.82) is 0 Å². The minimum Gasteiger partial charge on any atom is -0.347 e. The SMILES string of the molecule is CC(C)N1CC[C@@H](N)[C@@H]1c1cnc[nH]1. The summed E-state index contributed by atoms with van der Waals surface area (Å²) < 4.78 is 0. The Bertz CT molecular complexity index is 280. The van der Waals surface area contributed by atoms with Crippen LogP contribution in [0, 0.1) is 0 Å². The van der Waals surface area contributed by atoms with Crippen LogP contribution in [0.4, 0.5) is 0 Å². The second kappa shape index (κ2) is 3.71. The molecule has 1 aliphatic rings. The molecule has 1 aliphatic heterocycles. The second-order valence-electron chi connectivity index (χ2n) is 4.24. The molecule has 2 heterocycles. The quantitative estimate of drug-likeness (QED) is 0.735. The molecule has 78 valence electrons. The highest BCUT2D eigenvalue weighted by Gasteiger charge is 2.34. The fraction of sp³-hybridized carbons (Fsp3) is 0.700. The number of likely N-dealkylation sites (tertiary alicyclic amines) is 1. The Balaban J connectivity index is 2.22. The number of hydrogen-bond acceptors (Lipinski definition) is 3. The Kier molecular flexibility index (Phi) is 2.56. The van der Waals surface area contributed by atoms with E-state index in [1.54, 1.807) is 6.33 Å². The Labute approximate surface area is 84.5 Å². The van der Waals surface area contributed by atoms with Crippen LogP contribution in [0.25, 0.3) is 0 Å². The molecule has 0 aliphatic carbocycles. The Hall–Kier alpha value is -0.870. The first kappa shape index (κ1) is 9.68. The van der Waals surface area contributed by atoms with Gasteiger partial charge in [-0.05, 0) is 20.3 Å². The maximum absolute atomic E-state index is 6.11. The third-order valence-corrected chi connectivity index (χ3v) is 2.98. The lowest BCUT2D eigenvalue weighted by Gasteiger charge is -2.29. The fourth-order valence-corrected chi connectivity index (χ4v) is 2.26. The van der Waals surface area contributed by atoms with Gasteiger partial charge in [0.1, 0.15) is 0 Å². The van der Waals surface area contributed by atoms with Crippen LogP contribution in [-0.4, -0.2) is 33.5 Å². The first-order chi connectivity index (χ1) is 6.70. The summed E-state index contributed by atoms with van der Waals surface area (Å²) in [6.45, 7) is 5.51. The molecule has 4 nitrogen and oxygen atoms in total. The first-order valence-corrected chi connectivity index (χ1v) is 5.19. The van der Waals surface area contributed by atoms with Crippen molar-refractivity contribution in [3.63, 3.8) is 0 Å². The van der Waals surface area contributed by atoms with Crippen LogP contribution in [0.2, 0.25) is 0 Å². The van der Waals surface area contributed by atoms with Gasteiger partial charge in [0.15, 0.2) is 0 Å². The lowest BCUT2D eigenvalue weighted by molar-refractivity contribution is 0.195. The van der Waals surface area contributed by atoms with Crippen molar-refractivity contribution in [3.8, 4) is 0 Å². The van der Waals surface area contributed by atoms with E-state index in [0.717, 1.165) is 18.7 Å². The first-order valence-electron chi connectivity index (χ1n) is 5.19. The molecule has 0 spiro atoms. The zero-order chi connectivity index (χ0) is 10.1. The smallest absolute Gasteiger partial charge is 0.0922 e. The molecule has 3 N–H and O–H groups in total. The zero-order valence-electron chi connectivity index (χ0n) is 8.77. The van der Waals surface area contributed by atoms with Gasteiger partial charge in [-0.25, -0.2) is 4.98 Å². The van der Waals surface area contributed by atoms with Crippen molar-refractivity contribution in [1.82, 2.24) is 14.9 Å². The highest BCUT2D eigenvalue weighted by Crippen LogP contribution is 2.31. The predicted molar refractivity (Wildman–Crippen MR) is 55.8 cm³/mol. The van der Waals surface area contributed by atoms with Crippen LogP contribution in [0.3, 0.4) is 0 Å². The van der Waals surface area contributed by atoms with E-state index in [4.69, 9.17) is 5.73 Å². The Morgan fingerprint density at radius 2 is 2.43 bits per heavy atom. The molecule has 2 rings (SSSR count). The van der Waals surface area contributed by atoms with Gasteiger partial charge in [-0.3, -0.25) is 4.90 Å². The topological polar surface area (TPSA) is 57.9 Å². The van der Waals surface area contributed by atoms with Gasteiger partial charge in [-0.1, -0.05) is 0 Å². The molecule has 2 atom stereocenters. The second-order valence-corrected chi connectivity index (χ2v) is 4.24. The average molecular weight is 194 g/mol. The van der Waals surface area contributed by atoms with Crippen LogP contribution < -0.4 is 5.73 Å². The minimum absolute atomic E-state index is 0.234. The molecule has 0 radical (unpaired) electrons. The molecule has 1 aromatic heterocycles. The number of aromatic nitrogens is 2. The number of nitrogens with two attached hydrogens (primary N) is 1. The zero-order valence-corrected chi connectivity index (χ0v) is 8.77. The summed E-state index contributed by atoms with van der Waals surface area (Å²) in [6.07, 6.45) is 4.67. The summed E-state index contributed by atoms with van der Waals surface area (Å²) in [5.74, 6) is 0. The van der Waals surface area contributed by atoms with Crippen molar-refractivity contribution in [2.24, 2.45) is 5.73 Å². The van der Waals surface area contributed by atoms with E-state index in [2.05, 4.69) is 28.7 Å². The van der Waals surface area contributed by atoms with E-state index < -0.39 is 0 Å². The number of imidazole rings is 1. The molecule has 0 aromatic carbocycles. The predicted octanol–water partition coefficient (Wildman–Crippen LogP) is 0.892. The van der Waals surface area contributed by atoms with Crippen LogP contribution in [-0.2, 0) is 0 Å². The third-order valence-electron chi connectivity index (χ3n) is 2.98. The van der Waals surface area contributed by atoms with Crippen molar-refractivity contribution in [3.05, 3.63) is 18.2 Å². The number of H-pyrrole nitrogens is 1. The van der Waals surface area contributed by atoms with E-state index in [1.807, 2.05) is 6.20 Å². The molecular weight excluding hydrogens is 176 g/mol. The fourth-order valence-electron chi connectivity index (χ4n) is 2.26. The van der Waals surface area contributed by atoms with Gasteiger partial charge in [-0.15, -0.1) is 0 Å². The normalized spacial score (nSPS) is 28.9. The monoisotopic (exact) mass is 194 g/mol. The molecular formula is C10H18N4. The maximum atomic E-state index is 6.11. The van der Waals surface area contributed by atoms with Crippen LogP contribution in [0.1, 0.15) is 32.0 Å². The van der Waals surface area contributed by atoms with Gasteiger partial charge in [-0.2, -0.15) is 0 Å². The average Bonchev–Trinajstić information content (AvgIpc) is 2.71. The van der Waals surface area contributed by atoms with Crippen molar-refractivity contribution < 1.29 is 0 Å². The highest BCUT2D eigenvalue weighted by molar-refractivity contribution is 5.10. The molecule has 0 unspecified atom stereocenters. The summed E-state index contributed by atoms with van der Waals surface area (Å²) >= 11 is 0. The van der Waals surface area contributed by atoms with Crippen LogP contribution >= 0.6 is 0 Å². The van der Waals surface area contributed by atoms with E-state index in [0.29, 0.717) is 12.1 Å². The lowest BCUT2D eigenvalue weighted by Crippen LogP contribution is -2.36. The van der Waals surface area contributed by atoms with E-state index in [9.17, 15) is 0 Å². The van der Waals surface area contributed by atoms with E-state index in [1.165, 1.54) is 0 Å². The van der Waals surface area contributed by atoms with Crippen molar-refractivity contribution >= 4 is 0 Å². The van der Waals surface area contributed by atoms with E-state index in [-0.39, 0.29) is 6.04 Å². The molecule has 0 amide bonds. The highest BCUT2D eigenvalue weighted by atomic mass is 15.2. The van der Waals surface area contributed by atoms with Gasteiger partial charge in [0.05, 0.1) is 18.1 Å². The number of nitrogens with zero attached hydrogens (tertiary/aromatic N) is 2. The van der Waals surface area contributed by atoms with Gasteiger partial charge >= 0.3 is 0 Å². The summed E-state index contributed by atoms with van der Waals surface area (Å²) in [5.41, 5.74) is 7.25. The molecule has 1 fully saturated rings. The number of rotatable bonds is 2. The minimum atomic E-state index is 0.234. The number of nitrogens with one attached hydrogen (secondary N) is 1. The largest absolute Gasteiger partial charge is 0.347 e. The summed E-state index contributed by atoms with van der Waals surface area (Å²) in [5, 5.41) is 0. The standard InChI is InChI=1S/C10H18N4/c1-7(2)14-4-3-8(11)10(14)9-5-12-6-13-9/h5-8,10H,3-4,11H2,1-2H3,(H,12,13)/t8-,10-/m1/s1. The van der Waals surface area contributed by atoms with Gasteiger partial charge < -0.3 is 10.7 Å². The molecule has 4 heteroatoms. The van der Waals surface area contributed by atoms with Crippen LogP contribution in [0.5, 0.6) is 0 Å². The molecule has 1 aromatic rings. The van der Waals surface area contributed by atoms with Crippen molar-refractivity contribution in [2.45, 2.75) is 38.4 Å². The lowest BCUT2D eigenvalue weighted by atomic mass is 10.1. The molecule has 14 heavy (non-hydrogen) atoms. The van der Waals surface area contributed by atoms with Gasteiger partial charge in [0.25, 0.3) is 0 Å². The summed E-state index contributed by atoms with van der Waals surface area (Å²) in [7, 11) is 0. The Morgan fingerprint density at radius 1 is 1.64 bits per heavy atom. The molecule has 0 saturated carbocycles. The Morgan fingerprint density at radius 3 is 3.00 bits per heavy atom. The van der Waals surface area contributed by atoms with Gasteiger partial charge in [0, 0.05) is 24.8 Å². The number of aromatic amines is 1. The van der Waals surface area contributed by atoms with Crippen molar-refractivity contribution in [2.75, 3.05) is 6.54 Å². The maximum Gasteiger partial charge on any atom is 0.0922 e. The van der Waals surface area contributed by atoms with Crippen LogP contribution in [0.15, 0.2) is 12.5 Å². The summed E-state index contributed by atoms with van der Waals surface area (Å²) in [6, 6.07) is 1.09. The molecule has 1 saturated heterocycles. The van der Waals surface area contributed by atoms with Gasteiger partial charge in [0.2, 0.25) is 0 Å². The summed E-state index contributed by atoms with van der Waals surface area (Å²) in [4.78, 5) is 9.65.